The van der Waals surface area contributed by atoms with Gasteiger partial charge in [0.25, 0.3) is 5.56 Å². The molecule has 1 aromatic rings. The Morgan fingerprint density at radius 1 is 1.19 bits per heavy atom. The van der Waals surface area contributed by atoms with Crippen molar-refractivity contribution in [1.29, 1.82) is 0 Å². The third-order valence-corrected chi connectivity index (χ3v) is 3.98. The highest BCUT2D eigenvalue weighted by molar-refractivity contribution is 5.87. The van der Waals surface area contributed by atoms with Crippen molar-refractivity contribution in [1.82, 2.24) is 20.6 Å². The Bertz CT molecular complexity index is 729. The number of aromatic amines is 1. The van der Waals surface area contributed by atoms with Crippen molar-refractivity contribution >= 4 is 18.1 Å². The van der Waals surface area contributed by atoms with Gasteiger partial charge < -0.3 is 15.4 Å². The van der Waals surface area contributed by atoms with Crippen LogP contribution in [0.5, 0.6) is 0 Å². The Hall–Kier alpha value is -2.84. The molecule has 0 spiro atoms. The molecule has 0 aromatic carbocycles. The van der Waals surface area contributed by atoms with Crippen molar-refractivity contribution in [2.24, 2.45) is 0 Å². The molecule has 27 heavy (non-hydrogen) atoms. The van der Waals surface area contributed by atoms with E-state index in [-0.39, 0.29) is 17.6 Å². The van der Waals surface area contributed by atoms with E-state index in [2.05, 4.69) is 25.9 Å². The second kappa shape index (κ2) is 11.0. The van der Waals surface area contributed by atoms with Gasteiger partial charge in [-0.05, 0) is 38.7 Å². The zero-order valence-corrected chi connectivity index (χ0v) is 15.6. The first-order valence-corrected chi connectivity index (χ1v) is 9.30. The predicted molar refractivity (Wildman–Crippen MR) is 102 cm³/mol. The van der Waals surface area contributed by atoms with Crippen LogP contribution in [0.1, 0.15) is 50.6 Å². The largest absolute Gasteiger partial charge is 0.415 e. The summed E-state index contributed by atoms with van der Waals surface area (Å²) < 4.78 is 5.18. The smallest absolute Gasteiger partial charge is 0.412 e. The molecule has 2 rings (SSSR count). The summed E-state index contributed by atoms with van der Waals surface area (Å²) in [5, 5.41) is 7.94. The fourth-order valence-corrected chi connectivity index (χ4v) is 2.68. The highest BCUT2D eigenvalue weighted by atomic mass is 16.6. The van der Waals surface area contributed by atoms with Gasteiger partial charge in [0, 0.05) is 31.3 Å². The fourth-order valence-electron chi connectivity index (χ4n) is 2.68. The number of nitrogens with one attached hydrogen (secondary N) is 4. The SMILES string of the molecule is Cc1cc(=O)[nH]c(NC(=O)NCCCCCCNC(=O)OC2=CCCC2)n1. The van der Waals surface area contributed by atoms with E-state index in [9.17, 15) is 14.4 Å². The average molecular weight is 377 g/mol. The molecule has 3 amide bonds. The summed E-state index contributed by atoms with van der Waals surface area (Å²) in [5.74, 6) is 0.894. The molecular formula is C18H27N5O4. The number of anilines is 1. The molecule has 0 aliphatic heterocycles. The van der Waals surface area contributed by atoms with Crippen LogP contribution in [0.15, 0.2) is 22.7 Å². The minimum absolute atomic E-state index is 0.129. The van der Waals surface area contributed by atoms with Gasteiger partial charge in [-0.1, -0.05) is 12.8 Å². The van der Waals surface area contributed by atoms with Gasteiger partial charge in [0.1, 0.15) is 5.76 Å². The molecule has 1 aliphatic carbocycles. The molecule has 0 fully saturated rings. The third kappa shape index (κ3) is 8.39. The Balaban J connectivity index is 1.46. The van der Waals surface area contributed by atoms with Gasteiger partial charge in [-0.2, -0.15) is 0 Å². The van der Waals surface area contributed by atoms with Crippen LogP contribution in [0.4, 0.5) is 15.5 Å². The van der Waals surface area contributed by atoms with Crippen LogP contribution in [0.3, 0.4) is 0 Å². The molecule has 1 aliphatic rings. The van der Waals surface area contributed by atoms with Gasteiger partial charge in [-0.15, -0.1) is 0 Å². The van der Waals surface area contributed by atoms with Crippen LogP contribution < -0.4 is 21.5 Å². The van der Waals surface area contributed by atoms with E-state index in [1.54, 1.807) is 6.92 Å². The second-order valence-corrected chi connectivity index (χ2v) is 6.41. The van der Waals surface area contributed by atoms with Gasteiger partial charge in [-0.25, -0.2) is 14.6 Å². The molecule has 1 heterocycles. The summed E-state index contributed by atoms with van der Waals surface area (Å²) >= 11 is 0. The quantitative estimate of drug-likeness (QED) is 0.492. The van der Waals surface area contributed by atoms with Crippen molar-refractivity contribution in [3.05, 3.63) is 33.9 Å². The molecule has 0 radical (unpaired) electrons. The molecule has 0 saturated heterocycles. The zero-order chi connectivity index (χ0) is 19.5. The summed E-state index contributed by atoms with van der Waals surface area (Å²) in [4.78, 5) is 41.1. The number of ether oxygens (including phenoxy) is 1. The van der Waals surface area contributed by atoms with Crippen LogP contribution in [-0.2, 0) is 4.74 Å². The third-order valence-electron chi connectivity index (χ3n) is 3.98. The maximum atomic E-state index is 11.7. The van der Waals surface area contributed by atoms with Crippen molar-refractivity contribution in [3.8, 4) is 0 Å². The first-order valence-electron chi connectivity index (χ1n) is 9.30. The van der Waals surface area contributed by atoms with Crippen LogP contribution >= 0.6 is 0 Å². The Kier molecular flexibility index (Phi) is 8.34. The van der Waals surface area contributed by atoms with Gasteiger partial charge >= 0.3 is 12.1 Å². The van der Waals surface area contributed by atoms with Gasteiger partial charge in [0.2, 0.25) is 5.95 Å². The number of aromatic nitrogens is 2. The number of aryl methyl sites for hydroxylation is 1. The van der Waals surface area contributed by atoms with Gasteiger partial charge in [0.05, 0.1) is 0 Å². The fraction of sp³-hybridized carbons (Fsp3) is 0.556. The molecule has 0 saturated carbocycles. The van der Waals surface area contributed by atoms with Crippen LogP contribution in [0, 0.1) is 6.92 Å². The van der Waals surface area contributed by atoms with E-state index >= 15 is 0 Å². The van der Waals surface area contributed by atoms with E-state index in [0.29, 0.717) is 18.8 Å². The number of urea groups is 1. The van der Waals surface area contributed by atoms with Crippen molar-refractivity contribution in [2.45, 2.75) is 51.9 Å². The van der Waals surface area contributed by atoms with E-state index in [4.69, 9.17) is 4.74 Å². The summed E-state index contributed by atoms with van der Waals surface area (Å²) in [6, 6.07) is 0.943. The van der Waals surface area contributed by atoms with Crippen LogP contribution in [-0.4, -0.2) is 35.2 Å². The molecule has 9 heteroatoms. The number of nitrogens with zero attached hydrogens (tertiary/aromatic N) is 1. The normalized spacial score (nSPS) is 13.0. The first-order chi connectivity index (χ1) is 13.0. The van der Waals surface area contributed by atoms with Crippen molar-refractivity contribution < 1.29 is 14.3 Å². The first kappa shape index (κ1) is 20.5. The molecule has 1 aromatic heterocycles. The van der Waals surface area contributed by atoms with E-state index in [1.807, 2.05) is 6.08 Å². The molecule has 0 atom stereocenters. The summed E-state index contributed by atoms with van der Waals surface area (Å²) in [6.45, 7) is 2.77. The number of rotatable bonds is 9. The predicted octanol–water partition coefficient (Wildman–Crippen LogP) is 2.55. The number of unbranched alkanes of at least 4 members (excludes halogenated alkanes) is 3. The minimum atomic E-state index is -0.408. The minimum Gasteiger partial charge on any atom is -0.415 e. The lowest BCUT2D eigenvalue weighted by atomic mass is 10.2. The van der Waals surface area contributed by atoms with Crippen LogP contribution in [0.25, 0.3) is 0 Å². The topological polar surface area (TPSA) is 125 Å². The van der Waals surface area contributed by atoms with E-state index < -0.39 is 6.03 Å². The van der Waals surface area contributed by atoms with Crippen molar-refractivity contribution in [2.75, 3.05) is 18.4 Å². The molecule has 4 N–H and O–H groups in total. The number of hydrogen-bond donors (Lipinski definition) is 4. The maximum Gasteiger partial charge on any atom is 0.412 e. The second-order valence-electron chi connectivity index (χ2n) is 6.41. The lowest BCUT2D eigenvalue weighted by molar-refractivity contribution is 0.173. The summed E-state index contributed by atoms with van der Waals surface area (Å²) in [5.41, 5.74) is 0.224. The van der Waals surface area contributed by atoms with Gasteiger partial charge in [-0.3, -0.25) is 15.1 Å². The molecule has 9 nitrogen and oxygen atoms in total. The monoisotopic (exact) mass is 377 g/mol. The summed E-state index contributed by atoms with van der Waals surface area (Å²) in [7, 11) is 0. The number of H-pyrrole nitrogens is 1. The van der Waals surface area contributed by atoms with Gasteiger partial charge in [0.15, 0.2) is 0 Å². The molecule has 0 unspecified atom stereocenters. The number of alkyl carbamates (subject to hydrolysis) is 1. The zero-order valence-electron chi connectivity index (χ0n) is 15.6. The highest BCUT2D eigenvalue weighted by Crippen LogP contribution is 2.18. The number of allylic oxidation sites excluding steroid dienone is 2. The molecule has 148 valence electrons. The standard InChI is InChI=1S/C18H27N5O4/c1-13-12-15(24)22-16(21-13)23-17(25)19-10-6-2-3-7-11-20-18(26)27-14-8-4-5-9-14/h8,12H,2-7,9-11H2,1H3,(H,20,26)(H3,19,21,22,23,24,25). The number of carbonyl (C=O) groups excluding carboxylic acids is 2. The van der Waals surface area contributed by atoms with E-state index in [0.717, 1.165) is 50.7 Å². The maximum absolute atomic E-state index is 11.7. The lowest BCUT2D eigenvalue weighted by Crippen LogP contribution is -2.31. The van der Waals surface area contributed by atoms with Crippen LogP contribution in [0.2, 0.25) is 0 Å². The summed E-state index contributed by atoms with van der Waals surface area (Å²) in [6.07, 6.45) is 7.99. The van der Waals surface area contributed by atoms with E-state index in [1.165, 1.54) is 6.07 Å². The number of amides is 3. The lowest BCUT2D eigenvalue weighted by Gasteiger charge is -2.08. The van der Waals surface area contributed by atoms with Crippen molar-refractivity contribution in [3.63, 3.8) is 0 Å². The Morgan fingerprint density at radius 2 is 1.93 bits per heavy atom. The molecular weight excluding hydrogens is 350 g/mol. The number of hydrogen-bond acceptors (Lipinski definition) is 5. The number of carbonyl (C=O) groups is 2. The molecule has 0 bridgehead atoms. The Labute approximate surface area is 158 Å². The average Bonchev–Trinajstić information content (AvgIpc) is 3.09. The highest BCUT2D eigenvalue weighted by Gasteiger charge is 2.10. The Morgan fingerprint density at radius 3 is 2.59 bits per heavy atom.